The number of carbonyl (C=O) groups is 1. The molecule has 11 heteroatoms. The van der Waals surface area contributed by atoms with Gasteiger partial charge in [0.05, 0.1) is 22.8 Å². The molecule has 3 aromatic heterocycles. The second kappa shape index (κ2) is 8.96. The van der Waals surface area contributed by atoms with Crippen LogP contribution in [0.15, 0.2) is 64.5 Å². The van der Waals surface area contributed by atoms with Gasteiger partial charge in [-0.3, -0.25) is 14.7 Å². The zero-order valence-electron chi connectivity index (χ0n) is 18.3. The fourth-order valence-corrected chi connectivity index (χ4v) is 4.72. The summed E-state index contributed by atoms with van der Waals surface area (Å²) < 4.78 is 3.45. The Kier molecular flexibility index (Phi) is 5.84. The van der Waals surface area contributed by atoms with Crippen LogP contribution in [0.4, 0.5) is 0 Å². The Morgan fingerprint density at radius 3 is 2.76 bits per heavy atom. The molecule has 172 valence electrons. The van der Waals surface area contributed by atoms with Crippen LogP contribution in [-0.4, -0.2) is 40.8 Å². The summed E-state index contributed by atoms with van der Waals surface area (Å²) in [7, 11) is 1.93. The van der Waals surface area contributed by atoms with Crippen LogP contribution in [0.3, 0.4) is 0 Å². The van der Waals surface area contributed by atoms with Crippen molar-refractivity contribution in [2.45, 2.75) is 18.1 Å². The molecule has 0 bridgehead atoms. The lowest BCUT2D eigenvalue weighted by Gasteiger charge is -2.14. The fraction of sp³-hybridized carbons (Fsp3) is 0.174. The van der Waals surface area contributed by atoms with Crippen LogP contribution in [0, 0.1) is 0 Å². The van der Waals surface area contributed by atoms with Crippen LogP contribution in [0.2, 0.25) is 5.02 Å². The summed E-state index contributed by atoms with van der Waals surface area (Å²) in [6, 6.07) is 16.1. The Bertz CT molecular complexity index is 1590. The molecule has 34 heavy (non-hydrogen) atoms. The molecular formula is C23H20ClN7O2S. The van der Waals surface area contributed by atoms with Gasteiger partial charge >= 0.3 is 0 Å². The normalized spacial score (nSPS) is 12.3. The molecule has 9 nitrogen and oxygen atoms in total. The molecule has 0 aliphatic heterocycles. The van der Waals surface area contributed by atoms with Crippen LogP contribution in [-0.2, 0) is 11.8 Å². The van der Waals surface area contributed by atoms with E-state index in [1.165, 1.54) is 22.3 Å². The van der Waals surface area contributed by atoms with Gasteiger partial charge in [0.15, 0.2) is 16.6 Å². The van der Waals surface area contributed by atoms with Gasteiger partial charge in [-0.1, -0.05) is 47.6 Å². The molecule has 0 aliphatic carbocycles. The lowest BCUT2D eigenvalue weighted by atomic mass is 10.2. The molecule has 3 heterocycles. The highest BCUT2D eigenvalue weighted by Gasteiger charge is 2.18. The van der Waals surface area contributed by atoms with E-state index in [9.17, 15) is 9.59 Å². The first-order valence-electron chi connectivity index (χ1n) is 10.5. The summed E-state index contributed by atoms with van der Waals surface area (Å²) in [6.07, 6.45) is 0. The van der Waals surface area contributed by atoms with E-state index in [1.807, 2.05) is 48.9 Å². The average molecular weight is 494 g/mol. The number of hydrogen-bond donors (Lipinski definition) is 2. The maximum Gasteiger partial charge on any atom is 0.266 e. The molecule has 0 saturated heterocycles. The van der Waals surface area contributed by atoms with Crippen molar-refractivity contribution >= 4 is 46.0 Å². The lowest BCUT2D eigenvalue weighted by molar-refractivity contribution is -0.119. The molecule has 5 aromatic rings. The Morgan fingerprint density at radius 2 is 1.97 bits per heavy atom. The van der Waals surface area contributed by atoms with Gasteiger partial charge in [0, 0.05) is 23.7 Å². The lowest BCUT2D eigenvalue weighted by Crippen LogP contribution is -2.30. The molecule has 0 unspecified atom stereocenters. The van der Waals surface area contributed by atoms with Crippen molar-refractivity contribution in [2.24, 2.45) is 7.05 Å². The van der Waals surface area contributed by atoms with Gasteiger partial charge in [-0.15, -0.1) is 0 Å². The Morgan fingerprint density at radius 1 is 1.15 bits per heavy atom. The van der Waals surface area contributed by atoms with E-state index in [4.69, 9.17) is 11.6 Å². The highest BCUT2D eigenvalue weighted by atomic mass is 35.5. The number of aromatic nitrogens is 6. The van der Waals surface area contributed by atoms with Crippen LogP contribution in [0.5, 0.6) is 0 Å². The molecule has 1 atom stereocenters. The van der Waals surface area contributed by atoms with Gasteiger partial charge in [0.2, 0.25) is 5.91 Å². The van der Waals surface area contributed by atoms with E-state index >= 15 is 0 Å². The molecule has 0 fully saturated rings. The largest absolute Gasteiger partial charge is 0.346 e. The number of hydrogen-bond acceptors (Lipinski definition) is 6. The number of carbonyl (C=O) groups excluding carboxylic acids is 1. The van der Waals surface area contributed by atoms with Crippen LogP contribution < -0.4 is 10.9 Å². The third kappa shape index (κ3) is 4.29. The van der Waals surface area contributed by atoms with Crippen molar-refractivity contribution in [3.63, 3.8) is 0 Å². The number of H-pyrrole nitrogens is 1. The molecule has 2 aromatic carbocycles. The summed E-state index contributed by atoms with van der Waals surface area (Å²) in [6.45, 7) is 1.90. The van der Waals surface area contributed by atoms with Gasteiger partial charge in [0.25, 0.3) is 5.56 Å². The third-order valence-electron chi connectivity index (χ3n) is 5.33. The van der Waals surface area contributed by atoms with E-state index in [1.54, 1.807) is 18.2 Å². The molecule has 0 saturated carbocycles. The summed E-state index contributed by atoms with van der Waals surface area (Å²) >= 11 is 7.31. The second-order valence-corrected chi connectivity index (χ2v) is 9.13. The first kappa shape index (κ1) is 22.2. The fourth-order valence-electron chi connectivity index (χ4n) is 3.77. The predicted molar refractivity (Wildman–Crippen MR) is 132 cm³/mol. The zero-order chi connectivity index (χ0) is 23.8. The molecule has 0 aliphatic rings. The number of nitrogens with one attached hydrogen (secondary N) is 2. The monoisotopic (exact) mass is 493 g/mol. The quantitative estimate of drug-likeness (QED) is 0.350. The van der Waals surface area contributed by atoms with E-state index < -0.39 is 0 Å². The minimum Gasteiger partial charge on any atom is -0.346 e. The maximum atomic E-state index is 12.8. The Balaban J connectivity index is 1.36. The van der Waals surface area contributed by atoms with Crippen molar-refractivity contribution < 1.29 is 4.79 Å². The van der Waals surface area contributed by atoms with Gasteiger partial charge < -0.3 is 9.88 Å². The predicted octanol–water partition coefficient (Wildman–Crippen LogP) is 3.59. The van der Waals surface area contributed by atoms with Gasteiger partial charge in [0.1, 0.15) is 5.82 Å². The van der Waals surface area contributed by atoms with Gasteiger partial charge in [-0.05, 0) is 31.2 Å². The van der Waals surface area contributed by atoms with Gasteiger partial charge in [-0.25, -0.2) is 19.5 Å². The maximum absolute atomic E-state index is 12.8. The highest BCUT2D eigenvalue weighted by molar-refractivity contribution is 7.99. The summed E-state index contributed by atoms with van der Waals surface area (Å²) in [5.41, 5.74) is 2.70. The number of benzene rings is 2. The SMILES string of the molecule is C[C@H](NC(=O)CSc1nc(-c2cccc(Cl)c2)nc2cc(=O)[nH]n12)c1nc2ccccc2n1C. The molecule has 0 spiro atoms. The minimum absolute atomic E-state index is 0.0928. The Hall–Kier alpha value is -3.63. The van der Waals surface area contributed by atoms with Crippen molar-refractivity contribution in [1.82, 2.24) is 34.4 Å². The van der Waals surface area contributed by atoms with Crippen molar-refractivity contribution in [2.75, 3.05) is 5.75 Å². The molecule has 0 radical (unpaired) electrons. The van der Waals surface area contributed by atoms with Gasteiger partial charge in [-0.2, -0.15) is 0 Å². The number of fused-ring (bicyclic) bond motifs is 2. The first-order chi connectivity index (χ1) is 16.4. The topological polar surface area (TPSA) is 110 Å². The van der Waals surface area contributed by atoms with Crippen molar-refractivity contribution in [3.8, 4) is 11.4 Å². The number of aryl methyl sites for hydroxylation is 1. The number of nitrogens with zero attached hydrogens (tertiary/aromatic N) is 5. The number of aromatic amines is 1. The van der Waals surface area contributed by atoms with Crippen molar-refractivity contribution in [3.05, 3.63) is 75.8 Å². The van der Waals surface area contributed by atoms with E-state index in [-0.39, 0.29) is 23.3 Å². The molecule has 5 rings (SSSR count). The van der Waals surface area contributed by atoms with Crippen LogP contribution in [0.25, 0.3) is 28.1 Å². The number of halogens is 1. The highest BCUT2D eigenvalue weighted by Crippen LogP contribution is 2.24. The smallest absolute Gasteiger partial charge is 0.266 e. The Labute approximate surface area is 203 Å². The summed E-state index contributed by atoms with van der Waals surface area (Å²) in [5, 5.41) is 6.65. The average Bonchev–Trinajstić information content (AvgIpc) is 3.36. The number of rotatable bonds is 6. The van der Waals surface area contributed by atoms with E-state index in [0.717, 1.165) is 16.9 Å². The second-order valence-electron chi connectivity index (χ2n) is 7.75. The minimum atomic E-state index is -0.306. The standard InChI is InChI=1S/C23H20ClN7O2S/c1-13(22-26-16-8-3-4-9-17(16)30(22)2)25-20(33)12-34-23-28-21(14-6-5-7-15(24)10-14)27-18-11-19(32)29-31(18)23/h3-11,13H,12H2,1-2H3,(H,25,33)(H,29,32)/t13-/m0/s1. The summed E-state index contributed by atoms with van der Waals surface area (Å²) in [5.74, 6) is 1.09. The van der Waals surface area contributed by atoms with E-state index in [2.05, 4.69) is 25.4 Å². The third-order valence-corrected chi connectivity index (χ3v) is 6.50. The first-order valence-corrected chi connectivity index (χ1v) is 11.8. The number of thioether (sulfide) groups is 1. The summed E-state index contributed by atoms with van der Waals surface area (Å²) in [4.78, 5) is 38.3. The molecule has 2 N–H and O–H groups in total. The number of imidazole rings is 1. The van der Waals surface area contributed by atoms with Crippen LogP contribution >= 0.6 is 23.4 Å². The van der Waals surface area contributed by atoms with E-state index in [0.29, 0.717) is 27.2 Å². The zero-order valence-corrected chi connectivity index (χ0v) is 19.9. The molecule has 1 amide bonds. The number of amides is 1. The molecular weight excluding hydrogens is 474 g/mol. The van der Waals surface area contributed by atoms with Crippen LogP contribution in [0.1, 0.15) is 18.8 Å². The number of para-hydroxylation sites is 2. The van der Waals surface area contributed by atoms with Crippen molar-refractivity contribution in [1.29, 1.82) is 0 Å².